The molecule has 1 heterocycles. The maximum atomic E-state index is 11.4. The summed E-state index contributed by atoms with van der Waals surface area (Å²) in [4.78, 5) is 23.7. The minimum absolute atomic E-state index is 0.0600. The standard InChI is InChI=1S/C10H17NO4S/c12-3-1-4-16-5-2-11-7-8(10(14)15)6-9(11)13/h8,12H,1-7H2,(H,14,15). The molecular formula is C10H17NO4S. The zero-order valence-electron chi connectivity index (χ0n) is 9.09. The predicted molar refractivity (Wildman–Crippen MR) is 61.4 cm³/mol. The van der Waals surface area contributed by atoms with E-state index < -0.39 is 11.9 Å². The fourth-order valence-electron chi connectivity index (χ4n) is 1.60. The number of carbonyl (C=O) groups is 2. The third-order valence-corrected chi connectivity index (χ3v) is 3.56. The molecule has 1 aliphatic heterocycles. The minimum Gasteiger partial charge on any atom is -0.481 e. The van der Waals surface area contributed by atoms with Crippen LogP contribution in [-0.2, 0) is 9.59 Å². The Morgan fingerprint density at radius 3 is 2.81 bits per heavy atom. The van der Waals surface area contributed by atoms with Crippen molar-refractivity contribution >= 4 is 23.6 Å². The summed E-state index contributed by atoms with van der Waals surface area (Å²) >= 11 is 1.68. The lowest BCUT2D eigenvalue weighted by atomic mass is 10.1. The van der Waals surface area contributed by atoms with Crippen molar-refractivity contribution in [1.29, 1.82) is 0 Å². The van der Waals surface area contributed by atoms with E-state index in [0.29, 0.717) is 13.1 Å². The van der Waals surface area contributed by atoms with Gasteiger partial charge in [-0.05, 0) is 12.2 Å². The van der Waals surface area contributed by atoms with Gasteiger partial charge in [-0.1, -0.05) is 0 Å². The first-order valence-corrected chi connectivity index (χ1v) is 6.49. The van der Waals surface area contributed by atoms with Gasteiger partial charge in [-0.3, -0.25) is 9.59 Å². The van der Waals surface area contributed by atoms with E-state index in [2.05, 4.69) is 0 Å². The molecule has 1 amide bonds. The maximum Gasteiger partial charge on any atom is 0.308 e. The summed E-state index contributed by atoms with van der Waals surface area (Å²) in [6, 6.07) is 0. The summed E-state index contributed by atoms with van der Waals surface area (Å²) in [5.41, 5.74) is 0. The molecule has 0 bridgehead atoms. The second-order valence-electron chi connectivity index (χ2n) is 3.77. The number of carbonyl (C=O) groups excluding carboxylic acids is 1. The van der Waals surface area contributed by atoms with Crippen LogP contribution in [0.5, 0.6) is 0 Å². The predicted octanol–water partition coefficient (Wildman–Crippen LogP) is 0.0351. The third kappa shape index (κ3) is 4.02. The number of aliphatic hydroxyl groups excluding tert-OH is 1. The van der Waals surface area contributed by atoms with Gasteiger partial charge in [0.1, 0.15) is 0 Å². The van der Waals surface area contributed by atoms with E-state index in [1.54, 1.807) is 16.7 Å². The minimum atomic E-state index is -0.885. The molecular weight excluding hydrogens is 230 g/mol. The van der Waals surface area contributed by atoms with E-state index in [-0.39, 0.29) is 18.9 Å². The Labute approximate surface area is 98.8 Å². The fourth-order valence-corrected chi connectivity index (χ4v) is 2.48. The van der Waals surface area contributed by atoms with E-state index in [0.717, 1.165) is 17.9 Å². The van der Waals surface area contributed by atoms with E-state index in [9.17, 15) is 9.59 Å². The van der Waals surface area contributed by atoms with Crippen LogP contribution in [-0.4, -0.2) is 58.2 Å². The number of rotatable bonds is 7. The first kappa shape index (κ1) is 13.3. The zero-order valence-corrected chi connectivity index (χ0v) is 9.91. The van der Waals surface area contributed by atoms with Gasteiger partial charge in [0.25, 0.3) is 0 Å². The van der Waals surface area contributed by atoms with Crippen LogP contribution in [0, 0.1) is 5.92 Å². The number of aliphatic carboxylic acids is 1. The van der Waals surface area contributed by atoms with Crippen molar-refractivity contribution in [1.82, 2.24) is 4.90 Å². The van der Waals surface area contributed by atoms with E-state index >= 15 is 0 Å². The fraction of sp³-hybridized carbons (Fsp3) is 0.800. The molecule has 0 aliphatic carbocycles. The highest BCUT2D eigenvalue weighted by molar-refractivity contribution is 7.99. The average Bonchev–Trinajstić information content (AvgIpc) is 2.60. The van der Waals surface area contributed by atoms with Gasteiger partial charge in [0.2, 0.25) is 5.91 Å². The van der Waals surface area contributed by atoms with Gasteiger partial charge >= 0.3 is 5.97 Å². The molecule has 0 saturated carbocycles. The van der Waals surface area contributed by atoms with Crippen molar-refractivity contribution < 1.29 is 19.8 Å². The number of thioether (sulfide) groups is 1. The van der Waals surface area contributed by atoms with Crippen LogP contribution >= 0.6 is 11.8 Å². The second kappa shape index (κ2) is 6.75. The Kier molecular flexibility index (Phi) is 5.62. The summed E-state index contributed by atoms with van der Waals surface area (Å²) in [5.74, 6) is 0.202. The van der Waals surface area contributed by atoms with Crippen molar-refractivity contribution in [3.8, 4) is 0 Å². The second-order valence-corrected chi connectivity index (χ2v) is 4.99. The lowest BCUT2D eigenvalue weighted by Gasteiger charge is -2.15. The van der Waals surface area contributed by atoms with Gasteiger partial charge in [-0.15, -0.1) is 0 Å². The van der Waals surface area contributed by atoms with Crippen molar-refractivity contribution in [2.24, 2.45) is 5.92 Å². The molecule has 6 heteroatoms. The number of aliphatic hydroxyl groups is 1. The van der Waals surface area contributed by atoms with Crippen LogP contribution in [0.2, 0.25) is 0 Å². The molecule has 0 radical (unpaired) electrons. The Hall–Kier alpha value is -0.750. The molecule has 0 aromatic rings. The van der Waals surface area contributed by atoms with E-state index in [4.69, 9.17) is 10.2 Å². The Morgan fingerprint density at radius 1 is 1.50 bits per heavy atom. The number of hydrogen-bond donors (Lipinski definition) is 2. The Morgan fingerprint density at radius 2 is 2.25 bits per heavy atom. The number of carboxylic acids is 1. The normalized spacial score (nSPS) is 20.4. The molecule has 0 spiro atoms. The number of hydrogen-bond acceptors (Lipinski definition) is 4. The van der Waals surface area contributed by atoms with Gasteiger partial charge in [0.05, 0.1) is 5.92 Å². The first-order valence-electron chi connectivity index (χ1n) is 5.34. The molecule has 16 heavy (non-hydrogen) atoms. The van der Waals surface area contributed by atoms with Crippen molar-refractivity contribution in [3.63, 3.8) is 0 Å². The molecule has 1 fully saturated rings. The molecule has 0 aromatic heterocycles. The molecule has 5 nitrogen and oxygen atoms in total. The molecule has 2 N–H and O–H groups in total. The highest BCUT2D eigenvalue weighted by atomic mass is 32.2. The number of nitrogens with zero attached hydrogens (tertiary/aromatic N) is 1. The van der Waals surface area contributed by atoms with Crippen LogP contribution in [0.4, 0.5) is 0 Å². The molecule has 1 aliphatic rings. The monoisotopic (exact) mass is 247 g/mol. The van der Waals surface area contributed by atoms with Gasteiger partial charge < -0.3 is 15.1 Å². The summed E-state index contributed by atoms with van der Waals surface area (Å²) in [5, 5.41) is 17.4. The van der Waals surface area contributed by atoms with Crippen LogP contribution in [0.3, 0.4) is 0 Å². The van der Waals surface area contributed by atoms with Gasteiger partial charge in [-0.2, -0.15) is 11.8 Å². The highest BCUT2D eigenvalue weighted by Gasteiger charge is 2.33. The molecule has 1 rings (SSSR count). The van der Waals surface area contributed by atoms with E-state index in [1.165, 1.54) is 0 Å². The smallest absolute Gasteiger partial charge is 0.308 e. The van der Waals surface area contributed by atoms with Crippen LogP contribution in [0.15, 0.2) is 0 Å². The quantitative estimate of drug-likeness (QED) is 0.621. The van der Waals surface area contributed by atoms with Crippen molar-refractivity contribution in [3.05, 3.63) is 0 Å². The van der Waals surface area contributed by atoms with Gasteiger partial charge in [0, 0.05) is 31.9 Å². The molecule has 1 saturated heterocycles. The van der Waals surface area contributed by atoms with Gasteiger partial charge in [-0.25, -0.2) is 0 Å². The molecule has 1 atom stereocenters. The highest BCUT2D eigenvalue weighted by Crippen LogP contribution is 2.18. The maximum absolute atomic E-state index is 11.4. The zero-order chi connectivity index (χ0) is 12.0. The summed E-state index contributed by atoms with van der Waals surface area (Å²) in [7, 11) is 0. The lowest BCUT2D eigenvalue weighted by molar-refractivity contribution is -0.141. The molecule has 92 valence electrons. The molecule has 0 aromatic carbocycles. The number of amides is 1. The van der Waals surface area contributed by atoms with Crippen LogP contribution in [0.1, 0.15) is 12.8 Å². The lowest BCUT2D eigenvalue weighted by Crippen LogP contribution is -2.28. The average molecular weight is 247 g/mol. The SMILES string of the molecule is O=C(O)C1CC(=O)N(CCSCCCO)C1. The topological polar surface area (TPSA) is 77.8 Å². The Bertz CT molecular complexity index is 259. The Balaban J connectivity index is 2.18. The van der Waals surface area contributed by atoms with Crippen molar-refractivity contribution in [2.45, 2.75) is 12.8 Å². The molecule has 1 unspecified atom stereocenters. The number of likely N-dealkylation sites (tertiary alicyclic amines) is 1. The van der Waals surface area contributed by atoms with Gasteiger partial charge in [0.15, 0.2) is 0 Å². The summed E-state index contributed by atoms with van der Waals surface area (Å²) < 4.78 is 0. The number of carboxylic acid groups (broad SMARTS) is 1. The van der Waals surface area contributed by atoms with Crippen LogP contribution < -0.4 is 0 Å². The third-order valence-electron chi connectivity index (χ3n) is 2.52. The van der Waals surface area contributed by atoms with Crippen LogP contribution in [0.25, 0.3) is 0 Å². The first-order chi connectivity index (χ1) is 7.65. The summed E-state index contributed by atoms with van der Waals surface area (Å²) in [6.07, 6.45) is 0.896. The largest absolute Gasteiger partial charge is 0.481 e. The van der Waals surface area contributed by atoms with Crippen molar-refractivity contribution in [2.75, 3.05) is 31.2 Å². The summed E-state index contributed by atoms with van der Waals surface area (Å²) in [6.45, 7) is 1.14. The van der Waals surface area contributed by atoms with E-state index in [1.807, 2.05) is 0 Å².